The van der Waals surface area contributed by atoms with E-state index in [1.807, 2.05) is 0 Å². The van der Waals surface area contributed by atoms with E-state index in [0.29, 0.717) is 16.9 Å². The Balaban J connectivity index is 2.18. The van der Waals surface area contributed by atoms with Crippen LogP contribution in [-0.4, -0.2) is 27.9 Å². The number of nitrogens with zero attached hydrogens (tertiary/aromatic N) is 2. The van der Waals surface area contributed by atoms with Gasteiger partial charge in [-0.25, -0.2) is 8.42 Å². The second-order valence-corrected chi connectivity index (χ2v) is 7.05. The highest BCUT2D eigenvalue weighted by molar-refractivity contribution is 7.93. The molecule has 1 amide bonds. The predicted molar refractivity (Wildman–Crippen MR) is 85.6 cm³/mol. The summed E-state index contributed by atoms with van der Waals surface area (Å²) >= 11 is 0. The smallest absolute Gasteiger partial charge is 0.265 e. The van der Waals surface area contributed by atoms with Crippen LogP contribution in [0.5, 0.6) is 0 Å². The van der Waals surface area contributed by atoms with Crippen LogP contribution in [-0.2, 0) is 14.8 Å². The normalized spacial score (nSPS) is 14.9. The predicted octanol–water partition coefficient (Wildman–Crippen LogP) is 2.17. The molecular weight excluding hydrogens is 300 g/mol. The van der Waals surface area contributed by atoms with E-state index >= 15 is 0 Å². The highest BCUT2D eigenvalue weighted by atomic mass is 32.2. The quantitative estimate of drug-likeness (QED) is 0.853. The molecule has 5 nitrogen and oxygen atoms in total. The largest absolute Gasteiger partial charge is 0.312 e. The average molecular weight is 316 g/mol. The average Bonchev–Trinajstić information content (AvgIpc) is 2.51. The number of benzene rings is 2. The van der Waals surface area contributed by atoms with Crippen LogP contribution in [0.25, 0.3) is 0 Å². The van der Waals surface area contributed by atoms with Crippen molar-refractivity contribution < 1.29 is 13.2 Å². The van der Waals surface area contributed by atoms with Crippen LogP contribution in [0.2, 0.25) is 0 Å². The fourth-order valence-corrected chi connectivity index (χ4v) is 4.24. The van der Waals surface area contributed by atoms with Crippen molar-refractivity contribution in [1.29, 1.82) is 0 Å². The molecule has 0 atom stereocenters. The number of likely N-dealkylation sites (N-methyl/N-ethyl adjacent to an activating group) is 1. The van der Waals surface area contributed by atoms with E-state index in [2.05, 4.69) is 0 Å². The van der Waals surface area contributed by atoms with Crippen molar-refractivity contribution in [3.8, 4) is 0 Å². The molecule has 0 aromatic heterocycles. The number of aryl methyl sites for hydroxylation is 1. The zero-order chi connectivity index (χ0) is 15.9. The van der Waals surface area contributed by atoms with Crippen molar-refractivity contribution in [1.82, 2.24) is 0 Å². The maximum atomic E-state index is 13.0. The third kappa shape index (κ3) is 2.16. The van der Waals surface area contributed by atoms with E-state index in [1.165, 1.54) is 9.21 Å². The van der Waals surface area contributed by atoms with Crippen molar-refractivity contribution >= 4 is 27.3 Å². The molecular formula is C16H16N2O3S. The molecule has 1 heterocycles. The van der Waals surface area contributed by atoms with Crippen LogP contribution in [0.15, 0.2) is 53.4 Å². The Kier molecular flexibility index (Phi) is 3.41. The van der Waals surface area contributed by atoms with Gasteiger partial charge in [0, 0.05) is 7.05 Å². The third-order valence-corrected chi connectivity index (χ3v) is 5.75. The first-order valence-corrected chi connectivity index (χ1v) is 8.31. The molecule has 0 saturated heterocycles. The summed E-state index contributed by atoms with van der Waals surface area (Å²) in [6, 6.07) is 13.8. The molecule has 0 saturated carbocycles. The number of rotatable bonds is 2. The molecule has 3 rings (SSSR count). The molecule has 0 unspecified atom stereocenters. The fourth-order valence-electron chi connectivity index (χ4n) is 2.59. The minimum absolute atomic E-state index is 0.190. The van der Waals surface area contributed by atoms with Gasteiger partial charge in [0.2, 0.25) is 5.91 Å². The van der Waals surface area contributed by atoms with Gasteiger partial charge in [-0.15, -0.1) is 0 Å². The summed E-state index contributed by atoms with van der Waals surface area (Å²) in [5, 5.41) is 0. The van der Waals surface area contributed by atoms with Crippen molar-refractivity contribution in [2.24, 2.45) is 0 Å². The van der Waals surface area contributed by atoms with Gasteiger partial charge >= 0.3 is 0 Å². The minimum atomic E-state index is -3.78. The lowest BCUT2D eigenvalue weighted by Crippen LogP contribution is -2.46. The monoisotopic (exact) mass is 316 g/mol. The molecule has 2 aromatic carbocycles. The van der Waals surface area contributed by atoms with E-state index in [-0.39, 0.29) is 17.3 Å². The molecule has 0 N–H and O–H groups in total. The van der Waals surface area contributed by atoms with Gasteiger partial charge in [0.05, 0.1) is 16.3 Å². The van der Waals surface area contributed by atoms with Gasteiger partial charge in [-0.3, -0.25) is 9.10 Å². The summed E-state index contributed by atoms with van der Waals surface area (Å²) in [6.45, 7) is 1.56. The fraction of sp³-hybridized carbons (Fsp3) is 0.188. The first-order chi connectivity index (χ1) is 10.4. The number of hydrogen-bond acceptors (Lipinski definition) is 3. The Bertz CT molecular complexity index is 846. The molecule has 0 bridgehead atoms. The summed E-state index contributed by atoms with van der Waals surface area (Å²) in [5.74, 6) is -0.254. The van der Waals surface area contributed by atoms with Gasteiger partial charge in [0.1, 0.15) is 6.54 Å². The molecule has 0 fully saturated rings. The van der Waals surface area contributed by atoms with Crippen LogP contribution in [0.1, 0.15) is 5.56 Å². The zero-order valence-corrected chi connectivity index (χ0v) is 13.2. The highest BCUT2D eigenvalue weighted by Gasteiger charge is 2.35. The van der Waals surface area contributed by atoms with Gasteiger partial charge in [0.15, 0.2) is 0 Å². The number of fused-ring (bicyclic) bond motifs is 1. The summed E-state index contributed by atoms with van der Waals surface area (Å²) in [7, 11) is -2.12. The summed E-state index contributed by atoms with van der Waals surface area (Å²) in [4.78, 5) is 13.9. The lowest BCUT2D eigenvalue weighted by Gasteiger charge is -2.34. The van der Waals surface area contributed by atoms with Gasteiger partial charge in [-0.1, -0.05) is 30.3 Å². The maximum Gasteiger partial charge on any atom is 0.265 e. The molecule has 1 aliphatic heterocycles. The van der Waals surface area contributed by atoms with Crippen LogP contribution in [0.3, 0.4) is 0 Å². The van der Waals surface area contributed by atoms with Crippen molar-refractivity contribution in [2.45, 2.75) is 11.8 Å². The SMILES string of the molecule is Cc1ccccc1S(=O)(=O)N1CC(=O)N(C)c2ccccc21. The molecule has 0 radical (unpaired) electrons. The van der Waals surface area contributed by atoms with E-state index in [1.54, 1.807) is 62.5 Å². The molecule has 22 heavy (non-hydrogen) atoms. The molecule has 0 aliphatic carbocycles. The minimum Gasteiger partial charge on any atom is -0.312 e. The standard InChI is InChI=1S/C16H16N2O3S/c1-12-7-3-6-10-15(12)22(20,21)18-11-16(19)17(2)13-8-4-5-9-14(13)18/h3-10H,11H2,1-2H3. The Morgan fingerprint density at radius 3 is 2.23 bits per heavy atom. The lowest BCUT2D eigenvalue weighted by atomic mass is 10.2. The topological polar surface area (TPSA) is 57.7 Å². The lowest BCUT2D eigenvalue weighted by molar-refractivity contribution is -0.117. The first kappa shape index (κ1) is 14.6. The third-order valence-electron chi connectivity index (χ3n) is 3.83. The van der Waals surface area contributed by atoms with Gasteiger partial charge in [-0.2, -0.15) is 0 Å². The Morgan fingerprint density at radius 2 is 1.55 bits per heavy atom. The number of amides is 1. The van der Waals surface area contributed by atoms with Crippen molar-refractivity contribution in [2.75, 3.05) is 22.8 Å². The van der Waals surface area contributed by atoms with Crippen LogP contribution in [0.4, 0.5) is 11.4 Å². The zero-order valence-electron chi connectivity index (χ0n) is 12.4. The molecule has 114 valence electrons. The highest BCUT2D eigenvalue weighted by Crippen LogP contribution is 2.36. The molecule has 6 heteroatoms. The van der Waals surface area contributed by atoms with Crippen molar-refractivity contribution in [3.63, 3.8) is 0 Å². The summed E-state index contributed by atoms with van der Waals surface area (Å²) < 4.78 is 27.1. The summed E-state index contributed by atoms with van der Waals surface area (Å²) in [5.41, 5.74) is 1.77. The summed E-state index contributed by atoms with van der Waals surface area (Å²) in [6.07, 6.45) is 0. The van der Waals surface area contributed by atoms with Gasteiger partial charge in [-0.05, 0) is 30.7 Å². The number of sulfonamides is 1. The van der Waals surface area contributed by atoms with Crippen LogP contribution < -0.4 is 9.21 Å². The first-order valence-electron chi connectivity index (χ1n) is 6.87. The molecule has 0 spiro atoms. The van der Waals surface area contributed by atoms with E-state index in [0.717, 1.165) is 0 Å². The second kappa shape index (κ2) is 5.14. The molecule has 2 aromatic rings. The number of carbonyl (C=O) groups is 1. The van der Waals surface area contributed by atoms with Gasteiger partial charge in [0.25, 0.3) is 10.0 Å². The van der Waals surface area contributed by atoms with E-state index in [4.69, 9.17) is 0 Å². The van der Waals surface area contributed by atoms with Crippen molar-refractivity contribution in [3.05, 3.63) is 54.1 Å². The number of carbonyl (C=O) groups excluding carboxylic acids is 1. The number of para-hydroxylation sites is 2. The number of hydrogen-bond donors (Lipinski definition) is 0. The Hall–Kier alpha value is -2.34. The second-order valence-electron chi connectivity index (χ2n) is 5.22. The maximum absolute atomic E-state index is 13.0. The van der Waals surface area contributed by atoms with E-state index in [9.17, 15) is 13.2 Å². The Morgan fingerprint density at radius 1 is 0.955 bits per heavy atom. The van der Waals surface area contributed by atoms with Gasteiger partial charge < -0.3 is 4.90 Å². The van der Waals surface area contributed by atoms with E-state index < -0.39 is 10.0 Å². The number of anilines is 2. The Labute approximate surface area is 129 Å². The molecule has 1 aliphatic rings. The van der Waals surface area contributed by atoms with Crippen LogP contribution in [0, 0.1) is 6.92 Å². The van der Waals surface area contributed by atoms with Crippen LogP contribution >= 0.6 is 0 Å².